The van der Waals surface area contributed by atoms with Crippen LogP contribution in [0.1, 0.15) is 19.3 Å². The van der Waals surface area contributed by atoms with Crippen molar-refractivity contribution in [3.63, 3.8) is 0 Å². The Morgan fingerprint density at radius 1 is 1.00 bits per heavy atom. The lowest BCUT2D eigenvalue weighted by Gasteiger charge is -2.22. The molecule has 22 heavy (non-hydrogen) atoms. The summed E-state index contributed by atoms with van der Waals surface area (Å²) in [5.74, 6) is -2.03. The third-order valence-corrected chi connectivity index (χ3v) is 3.80. The first-order valence-electron chi connectivity index (χ1n) is 7.30. The van der Waals surface area contributed by atoms with Crippen molar-refractivity contribution in [3.05, 3.63) is 11.6 Å². The largest absolute Gasteiger partial charge is 0.471 e. The fourth-order valence-electron chi connectivity index (χ4n) is 2.56. The predicted octanol–water partition coefficient (Wildman–Crippen LogP) is 1.35. The Morgan fingerprint density at radius 3 is 2.23 bits per heavy atom. The fraction of sp³-hybridized carbons (Fsp3) is 0.714. The molecule has 0 spiro atoms. The van der Waals surface area contributed by atoms with Gasteiger partial charge in [-0.15, -0.1) is 0 Å². The van der Waals surface area contributed by atoms with Crippen molar-refractivity contribution in [1.82, 2.24) is 9.80 Å². The molecular formula is C14H19F3N2O3. The molecule has 0 aromatic rings. The first-order valence-corrected chi connectivity index (χ1v) is 7.30. The Kier molecular flexibility index (Phi) is 5.44. The van der Waals surface area contributed by atoms with Gasteiger partial charge >= 0.3 is 12.1 Å². The number of alkyl halides is 3. The Hall–Kier alpha value is -1.57. The van der Waals surface area contributed by atoms with Crippen LogP contribution in [0.4, 0.5) is 13.2 Å². The van der Waals surface area contributed by atoms with Crippen LogP contribution in [0.2, 0.25) is 0 Å². The lowest BCUT2D eigenvalue weighted by Crippen LogP contribution is -2.43. The maximum Gasteiger partial charge on any atom is 0.471 e. The second kappa shape index (κ2) is 7.13. The van der Waals surface area contributed by atoms with Gasteiger partial charge in [-0.25, -0.2) is 0 Å². The summed E-state index contributed by atoms with van der Waals surface area (Å²) in [6, 6.07) is 0. The predicted molar refractivity (Wildman–Crippen MR) is 72.0 cm³/mol. The zero-order chi connectivity index (χ0) is 16.2. The summed E-state index contributed by atoms with van der Waals surface area (Å²) in [6.45, 7) is 1.60. The van der Waals surface area contributed by atoms with Crippen molar-refractivity contribution >= 4 is 11.8 Å². The normalized spacial score (nSPS) is 20.6. The molecule has 0 bridgehead atoms. The second-order valence-electron chi connectivity index (χ2n) is 5.38. The van der Waals surface area contributed by atoms with Crippen molar-refractivity contribution in [2.75, 3.05) is 39.4 Å². The average molecular weight is 320 g/mol. The number of amides is 2. The fourth-order valence-corrected chi connectivity index (χ4v) is 2.56. The van der Waals surface area contributed by atoms with Crippen LogP contribution < -0.4 is 0 Å². The number of hydrogen-bond acceptors (Lipinski definition) is 3. The molecule has 0 aromatic carbocycles. The van der Waals surface area contributed by atoms with E-state index in [-0.39, 0.29) is 25.5 Å². The summed E-state index contributed by atoms with van der Waals surface area (Å²) >= 11 is 0. The van der Waals surface area contributed by atoms with Gasteiger partial charge in [0.05, 0.1) is 13.2 Å². The van der Waals surface area contributed by atoms with E-state index in [1.165, 1.54) is 4.90 Å². The van der Waals surface area contributed by atoms with Gasteiger partial charge in [0, 0.05) is 32.3 Å². The molecule has 2 amide bonds. The topological polar surface area (TPSA) is 49.9 Å². The number of halogens is 3. The second-order valence-corrected chi connectivity index (χ2v) is 5.38. The Labute approximate surface area is 126 Å². The molecule has 0 aliphatic carbocycles. The molecule has 0 aromatic heterocycles. The highest BCUT2D eigenvalue weighted by Crippen LogP contribution is 2.20. The molecule has 0 radical (unpaired) electrons. The third-order valence-electron chi connectivity index (χ3n) is 3.80. The molecule has 8 heteroatoms. The van der Waals surface area contributed by atoms with Crippen LogP contribution in [0, 0.1) is 0 Å². The van der Waals surface area contributed by atoms with Gasteiger partial charge in [0.15, 0.2) is 0 Å². The summed E-state index contributed by atoms with van der Waals surface area (Å²) in [5, 5.41) is 0. The van der Waals surface area contributed by atoms with E-state index in [9.17, 15) is 22.8 Å². The number of rotatable bonds is 1. The van der Waals surface area contributed by atoms with Crippen LogP contribution >= 0.6 is 0 Å². The van der Waals surface area contributed by atoms with Crippen molar-refractivity contribution in [1.29, 1.82) is 0 Å². The molecule has 0 saturated carbocycles. The van der Waals surface area contributed by atoms with Gasteiger partial charge in [0.1, 0.15) is 0 Å². The summed E-state index contributed by atoms with van der Waals surface area (Å²) in [4.78, 5) is 25.7. The first kappa shape index (κ1) is 16.8. The Balaban J connectivity index is 1.92. The molecule has 2 heterocycles. The molecule has 0 N–H and O–H groups in total. The highest BCUT2D eigenvalue weighted by Gasteiger charge is 2.42. The minimum Gasteiger partial charge on any atom is -0.381 e. The molecule has 0 unspecified atom stereocenters. The average Bonchev–Trinajstić information content (AvgIpc) is 2.72. The van der Waals surface area contributed by atoms with E-state index in [2.05, 4.69) is 0 Å². The van der Waals surface area contributed by atoms with E-state index in [0.717, 1.165) is 10.5 Å². The van der Waals surface area contributed by atoms with Gasteiger partial charge in [0.2, 0.25) is 5.91 Å². The van der Waals surface area contributed by atoms with Crippen molar-refractivity contribution in [2.45, 2.75) is 25.4 Å². The Morgan fingerprint density at radius 2 is 1.59 bits per heavy atom. The summed E-state index contributed by atoms with van der Waals surface area (Å²) in [6.07, 6.45) is -1.54. The zero-order valence-corrected chi connectivity index (χ0v) is 12.2. The molecule has 0 atom stereocenters. The van der Waals surface area contributed by atoms with Crippen molar-refractivity contribution in [3.8, 4) is 0 Å². The monoisotopic (exact) mass is 320 g/mol. The van der Waals surface area contributed by atoms with Crippen LogP contribution in [0.3, 0.4) is 0 Å². The molecular weight excluding hydrogens is 301 g/mol. The van der Waals surface area contributed by atoms with Gasteiger partial charge in [-0.3, -0.25) is 9.59 Å². The number of ether oxygens (including phenoxy) is 1. The third kappa shape index (κ3) is 4.46. The van der Waals surface area contributed by atoms with Gasteiger partial charge in [-0.05, 0) is 19.3 Å². The zero-order valence-electron chi connectivity index (χ0n) is 12.2. The molecule has 2 fully saturated rings. The van der Waals surface area contributed by atoms with E-state index in [4.69, 9.17) is 4.74 Å². The minimum atomic E-state index is -4.86. The van der Waals surface area contributed by atoms with Gasteiger partial charge in [0.25, 0.3) is 0 Å². The summed E-state index contributed by atoms with van der Waals surface area (Å²) in [7, 11) is 0. The van der Waals surface area contributed by atoms with Crippen molar-refractivity contribution < 1.29 is 27.5 Å². The lowest BCUT2D eigenvalue weighted by molar-refractivity contribution is -0.185. The molecule has 2 aliphatic heterocycles. The standard InChI is InChI=1S/C14H19F3N2O3/c15-14(16,17)13(21)19-5-1-4-18(6-7-19)12(20)10-11-2-8-22-9-3-11/h10H,1-9H2. The highest BCUT2D eigenvalue weighted by atomic mass is 19.4. The first-order chi connectivity index (χ1) is 10.4. The molecule has 5 nitrogen and oxygen atoms in total. The number of carbonyl (C=O) groups is 2. The summed E-state index contributed by atoms with van der Waals surface area (Å²) in [5.41, 5.74) is 1.00. The van der Waals surface area contributed by atoms with Gasteiger partial charge in [-0.1, -0.05) is 5.57 Å². The molecule has 2 saturated heterocycles. The van der Waals surface area contributed by atoms with Crippen LogP contribution in [0.5, 0.6) is 0 Å². The van der Waals surface area contributed by atoms with Crippen LogP contribution in [-0.4, -0.2) is 67.2 Å². The van der Waals surface area contributed by atoms with E-state index in [0.29, 0.717) is 39.0 Å². The van der Waals surface area contributed by atoms with Crippen LogP contribution in [-0.2, 0) is 14.3 Å². The number of hydrogen-bond donors (Lipinski definition) is 0. The highest BCUT2D eigenvalue weighted by molar-refractivity contribution is 5.88. The molecule has 2 aliphatic rings. The van der Waals surface area contributed by atoms with E-state index in [1.807, 2.05) is 0 Å². The lowest BCUT2D eigenvalue weighted by atomic mass is 10.1. The number of nitrogens with zero attached hydrogens (tertiary/aromatic N) is 2. The van der Waals surface area contributed by atoms with E-state index < -0.39 is 12.1 Å². The van der Waals surface area contributed by atoms with Gasteiger partial charge < -0.3 is 14.5 Å². The molecule has 124 valence electrons. The molecule has 2 rings (SSSR count). The van der Waals surface area contributed by atoms with Gasteiger partial charge in [-0.2, -0.15) is 13.2 Å². The minimum absolute atomic E-state index is 0.0204. The summed E-state index contributed by atoms with van der Waals surface area (Å²) < 4.78 is 42.5. The maximum absolute atomic E-state index is 12.4. The Bertz CT molecular complexity index is 455. The maximum atomic E-state index is 12.4. The van der Waals surface area contributed by atoms with Crippen LogP contribution in [0.15, 0.2) is 11.6 Å². The smallest absolute Gasteiger partial charge is 0.381 e. The SMILES string of the molecule is O=C(C=C1CCOCC1)N1CCCN(C(=O)C(F)(F)F)CC1. The van der Waals surface area contributed by atoms with E-state index in [1.54, 1.807) is 6.08 Å². The van der Waals surface area contributed by atoms with E-state index >= 15 is 0 Å². The quantitative estimate of drug-likeness (QED) is 0.685. The van der Waals surface area contributed by atoms with Crippen LogP contribution in [0.25, 0.3) is 0 Å². The van der Waals surface area contributed by atoms with Crippen molar-refractivity contribution in [2.24, 2.45) is 0 Å². The number of carbonyl (C=O) groups excluding carboxylic acids is 2.